The highest BCUT2D eigenvalue weighted by Crippen LogP contribution is 2.31. The minimum absolute atomic E-state index is 0.159. The number of hydrogen-bond donors (Lipinski definition) is 3. The minimum atomic E-state index is -4.80. The van der Waals surface area contributed by atoms with E-state index >= 15 is 0 Å². The maximum Gasteiger partial charge on any atom is 0.418 e. The Kier molecular flexibility index (Phi) is 5.14. The summed E-state index contributed by atoms with van der Waals surface area (Å²) in [4.78, 5) is 26.2. The number of nitrogens with one attached hydrogen (secondary N) is 2. The highest BCUT2D eigenvalue weighted by atomic mass is 32.3. The molecule has 2 aliphatic rings. The molecule has 3 amide bonds. The van der Waals surface area contributed by atoms with Crippen molar-refractivity contribution in [3.63, 3.8) is 0 Å². The zero-order chi connectivity index (χ0) is 18.9. The lowest BCUT2D eigenvalue weighted by Gasteiger charge is -2.29. The predicted molar refractivity (Wildman–Crippen MR) is 91.2 cm³/mol. The molecule has 1 aromatic carbocycles. The van der Waals surface area contributed by atoms with Crippen molar-refractivity contribution in [3.8, 4) is 0 Å². The number of anilines is 1. The Balaban J connectivity index is 1.70. The molecule has 2 aliphatic heterocycles. The van der Waals surface area contributed by atoms with Crippen molar-refractivity contribution in [2.75, 3.05) is 18.9 Å². The van der Waals surface area contributed by atoms with Crippen LogP contribution >= 0.6 is 0 Å². The summed E-state index contributed by atoms with van der Waals surface area (Å²) in [6.07, 6.45) is 0.749. The Morgan fingerprint density at radius 2 is 2.15 bits per heavy atom. The van der Waals surface area contributed by atoms with Gasteiger partial charge in [0.25, 0.3) is 0 Å². The van der Waals surface area contributed by atoms with Crippen molar-refractivity contribution in [2.24, 2.45) is 0 Å². The molecule has 3 N–H and O–H groups in total. The maximum absolute atomic E-state index is 12.6. The molecule has 2 atom stereocenters. The number of urea groups is 1. The lowest BCUT2D eigenvalue weighted by atomic mass is 10.00. The van der Waals surface area contributed by atoms with E-state index in [1.165, 1.54) is 4.90 Å². The lowest BCUT2D eigenvalue weighted by Crippen LogP contribution is -2.47. The predicted octanol–water partition coefficient (Wildman–Crippen LogP) is 0.348. The van der Waals surface area contributed by atoms with Crippen molar-refractivity contribution < 1.29 is 26.8 Å². The van der Waals surface area contributed by atoms with E-state index in [1.807, 2.05) is 25.2 Å². The number of fused-ring (bicyclic) bond motifs is 2. The first kappa shape index (κ1) is 18.6. The Hall–Kier alpha value is -2.21. The van der Waals surface area contributed by atoms with Gasteiger partial charge in [0.15, 0.2) is 0 Å². The summed E-state index contributed by atoms with van der Waals surface area (Å²) < 4.78 is 35.0. The van der Waals surface area contributed by atoms with Crippen molar-refractivity contribution in [1.82, 2.24) is 15.3 Å². The lowest BCUT2D eigenvalue weighted by molar-refractivity contribution is -0.120. The molecular formula is C15H20N4O6S. The van der Waals surface area contributed by atoms with Gasteiger partial charge in [-0.15, -0.1) is 4.28 Å². The number of benzene rings is 1. The zero-order valence-corrected chi connectivity index (χ0v) is 14.9. The molecule has 2 bridgehead atoms. The maximum atomic E-state index is 12.6. The summed E-state index contributed by atoms with van der Waals surface area (Å²) in [7, 11) is -2.98. The molecule has 26 heavy (non-hydrogen) atoms. The summed E-state index contributed by atoms with van der Waals surface area (Å²) in [5.74, 6) is -0.355. The SMILES string of the molecule is CNCc1cccc(NC(=O)C2CCC3CN2C(=O)N3OS(=O)(=O)O)c1. The Morgan fingerprint density at radius 1 is 1.38 bits per heavy atom. The number of carbonyl (C=O) groups is 2. The largest absolute Gasteiger partial charge is 0.418 e. The summed E-state index contributed by atoms with van der Waals surface area (Å²) in [5, 5.41) is 6.43. The van der Waals surface area contributed by atoms with E-state index < -0.39 is 28.5 Å². The van der Waals surface area contributed by atoms with E-state index in [1.54, 1.807) is 6.07 Å². The van der Waals surface area contributed by atoms with E-state index in [-0.39, 0.29) is 12.5 Å². The normalized spacial score (nSPS) is 22.6. The van der Waals surface area contributed by atoms with Gasteiger partial charge in [-0.1, -0.05) is 12.1 Å². The summed E-state index contributed by atoms with van der Waals surface area (Å²) >= 11 is 0. The number of hydroxylamine groups is 2. The van der Waals surface area contributed by atoms with Gasteiger partial charge < -0.3 is 15.5 Å². The molecule has 2 saturated heterocycles. The zero-order valence-electron chi connectivity index (χ0n) is 14.1. The van der Waals surface area contributed by atoms with Gasteiger partial charge in [0.1, 0.15) is 6.04 Å². The smallest absolute Gasteiger partial charge is 0.324 e. The number of piperidine rings is 1. The van der Waals surface area contributed by atoms with Crippen molar-refractivity contribution in [1.29, 1.82) is 0 Å². The van der Waals surface area contributed by atoms with Gasteiger partial charge in [0.05, 0.1) is 6.04 Å². The van der Waals surface area contributed by atoms with E-state index in [4.69, 9.17) is 4.55 Å². The molecule has 3 rings (SSSR count). The van der Waals surface area contributed by atoms with Crippen LogP contribution < -0.4 is 10.6 Å². The van der Waals surface area contributed by atoms with E-state index in [2.05, 4.69) is 14.9 Å². The molecule has 1 aromatic rings. The van der Waals surface area contributed by atoms with Crippen LogP contribution in [0.5, 0.6) is 0 Å². The van der Waals surface area contributed by atoms with Gasteiger partial charge in [-0.2, -0.15) is 13.5 Å². The highest BCUT2D eigenvalue weighted by molar-refractivity contribution is 7.80. The van der Waals surface area contributed by atoms with Crippen molar-refractivity contribution in [3.05, 3.63) is 29.8 Å². The fourth-order valence-corrected chi connectivity index (χ4v) is 3.68. The first-order chi connectivity index (χ1) is 12.3. The molecular weight excluding hydrogens is 364 g/mol. The van der Waals surface area contributed by atoms with Crippen LogP contribution in [0, 0.1) is 0 Å². The molecule has 2 heterocycles. The fourth-order valence-electron chi connectivity index (χ4n) is 3.29. The fraction of sp³-hybridized carbons (Fsp3) is 0.467. The molecule has 2 fully saturated rings. The van der Waals surface area contributed by atoms with Crippen LogP contribution in [0.2, 0.25) is 0 Å². The Morgan fingerprint density at radius 3 is 2.85 bits per heavy atom. The first-order valence-electron chi connectivity index (χ1n) is 8.10. The van der Waals surface area contributed by atoms with E-state index in [9.17, 15) is 18.0 Å². The third-order valence-corrected chi connectivity index (χ3v) is 4.72. The van der Waals surface area contributed by atoms with Crippen LogP contribution in [0.15, 0.2) is 24.3 Å². The molecule has 11 heteroatoms. The van der Waals surface area contributed by atoms with Crippen LogP contribution in [0.4, 0.5) is 10.5 Å². The van der Waals surface area contributed by atoms with E-state index in [0.717, 1.165) is 5.56 Å². The second kappa shape index (κ2) is 7.19. The van der Waals surface area contributed by atoms with Crippen LogP contribution in [-0.4, -0.2) is 60.5 Å². The Bertz CT molecular complexity index is 814. The second-order valence-corrected chi connectivity index (χ2v) is 7.23. The quantitative estimate of drug-likeness (QED) is 0.604. The number of nitrogens with zero attached hydrogens (tertiary/aromatic N) is 2. The molecule has 0 spiro atoms. The molecule has 10 nitrogen and oxygen atoms in total. The van der Waals surface area contributed by atoms with Crippen molar-refractivity contribution >= 4 is 28.0 Å². The summed E-state index contributed by atoms with van der Waals surface area (Å²) in [5.41, 5.74) is 1.61. The van der Waals surface area contributed by atoms with Gasteiger partial charge >= 0.3 is 16.4 Å². The first-order valence-corrected chi connectivity index (χ1v) is 9.46. The van der Waals surface area contributed by atoms with Gasteiger partial charge in [-0.05, 0) is 37.6 Å². The van der Waals surface area contributed by atoms with Crippen LogP contribution in [0.3, 0.4) is 0 Å². The van der Waals surface area contributed by atoms with Crippen molar-refractivity contribution in [2.45, 2.75) is 31.5 Å². The minimum Gasteiger partial charge on any atom is -0.324 e. The molecule has 142 valence electrons. The highest BCUT2D eigenvalue weighted by Gasteiger charge is 2.49. The van der Waals surface area contributed by atoms with Crippen LogP contribution in [0.1, 0.15) is 18.4 Å². The Labute approximate surface area is 151 Å². The monoisotopic (exact) mass is 384 g/mol. The number of rotatable bonds is 6. The molecule has 2 unspecified atom stereocenters. The third kappa shape index (κ3) is 3.96. The summed E-state index contributed by atoms with van der Waals surface area (Å²) in [6.45, 7) is 0.813. The summed E-state index contributed by atoms with van der Waals surface area (Å²) in [6, 6.07) is 5.32. The molecule has 0 aromatic heterocycles. The van der Waals surface area contributed by atoms with Gasteiger partial charge in [0.2, 0.25) is 5.91 Å². The molecule has 0 aliphatic carbocycles. The number of carbonyl (C=O) groups excluding carboxylic acids is 2. The third-order valence-electron chi connectivity index (χ3n) is 4.38. The van der Waals surface area contributed by atoms with Crippen LogP contribution in [0.25, 0.3) is 0 Å². The van der Waals surface area contributed by atoms with Gasteiger partial charge in [-0.25, -0.2) is 4.79 Å². The van der Waals surface area contributed by atoms with Crippen LogP contribution in [-0.2, 0) is 26.0 Å². The number of amides is 3. The molecule has 0 saturated carbocycles. The average Bonchev–Trinajstić information content (AvgIpc) is 2.79. The number of hydrogen-bond acceptors (Lipinski definition) is 6. The second-order valence-electron chi connectivity index (χ2n) is 6.23. The van der Waals surface area contributed by atoms with Gasteiger partial charge in [0, 0.05) is 18.8 Å². The topological polar surface area (TPSA) is 128 Å². The van der Waals surface area contributed by atoms with Gasteiger partial charge in [-0.3, -0.25) is 9.35 Å². The molecule has 0 radical (unpaired) electrons. The van der Waals surface area contributed by atoms with E-state index in [0.29, 0.717) is 30.1 Å². The average molecular weight is 384 g/mol. The standard InChI is InChI=1S/C15H20N4O6S/c1-16-8-10-3-2-4-11(7-10)17-14(20)13-6-5-12-9-18(13)15(21)19(12)25-26(22,23)24/h2-4,7,12-13,16H,5-6,8-9H2,1H3,(H,17,20)(H,22,23,24).